The number of nitrogens with zero attached hydrogens (tertiary/aromatic N) is 3. The minimum atomic E-state index is -0.632. The Morgan fingerprint density at radius 1 is 1.21 bits per heavy atom. The molecular formula is C20H21F2N5O. The van der Waals surface area contributed by atoms with Gasteiger partial charge in [0, 0.05) is 17.8 Å². The number of nitrogens with one attached hydrogen (secondary N) is 2. The fourth-order valence-corrected chi connectivity index (χ4v) is 3.62. The topological polar surface area (TPSA) is 63.5 Å². The van der Waals surface area contributed by atoms with Gasteiger partial charge in [-0.25, -0.2) is 4.39 Å². The number of piperidine rings is 1. The van der Waals surface area contributed by atoms with E-state index in [2.05, 4.69) is 20.7 Å². The van der Waals surface area contributed by atoms with Crippen LogP contribution in [-0.4, -0.2) is 33.8 Å². The highest BCUT2D eigenvalue weighted by Gasteiger charge is 2.30. The lowest BCUT2D eigenvalue weighted by Crippen LogP contribution is -2.37. The molecule has 6 nitrogen and oxygen atoms in total. The highest BCUT2D eigenvalue weighted by molar-refractivity contribution is 5.64. The number of hydrogen-bond donors (Lipinski definition) is 2. The van der Waals surface area contributed by atoms with E-state index in [9.17, 15) is 4.39 Å². The molecule has 1 aliphatic heterocycles. The summed E-state index contributed by atoms with van der Waals surface area (Å²) in [6.45, 7) is 1.60. The quantitative estimate of drug-likeness (QED) is 0.700. The summed E-state index contributed by atoms with van der Waals surface area (Å²) in [7, 11) is 0. The van der Waals surface area contributed by atoms with E-state index in [0.29, 0.717) is 23.8 Å². The average Bonchev–Trinajstić information content (AvgIpc) is 3.46. The molecular weight excluding hydrogens is 364 g/mol. The lowest BCUT2D eigenvalue weighted by Gasteiger charge is -2.24. The van der Waals surface area contributed by atoms with Gasteiger partial charge in [0.15, 0.2) is 11.5 Å². The van der Waals surface area contributed by atoms with E-state index in [-0.39, 0.29) is 17.8 Å². The number of rotatable bonds is 5. The van der Waals surface area contributed by atoms with Crippen molar-refractivity contribution in [2.45, 2.75) is 37.7 Å². The van der Waals surface area contributed by atoms with Gasteiger partial charge in [-0.3, -0.25) is 0 Å². The van der Waals surface area contributed by atoms with Gasteiger partial charge >= 0.3 is 0 Å². The van der Waals surface area contributed by atoms with Crippen LogP contribution in [-0.2, 0) is 0 Å². The van der Waals surface area contributed by atoms with Gasteiger partial charge in [-0.2, -0.15) is 19.0 Å². The zero-order chi connectivity index (χ0) is 19.1. The van der Waals surface area contributed by atoms with Gasteiger partial charge in [-0.05, 0) is 56.3 Å². The Hall–Kier alpha value is -2.74. The normalized spacial score (nSPS) is 19.7. The molecule has 2 aromatic heterocycles. The van der Waals surface area contributed by atoms with Crippen LogP contribution in [0.1, 0.15) is 37.2 Å². The fraction of sp³-hybridized carbons (Fsp3) is 0.400. The molecule has 1 saturated heterocycles. The molecule has 1 saturated carbocycles. The van der Waals surface area contributed by atoms with Crippen LogP contribution >= 0.6 is 0 Å². The summed E-state index contributed by atoms with van der Waals surface area (Å²) in [4.78, 5) is 4.47. The zero-order valence-corrected chi connectivity index (χ0v) is 15.3. The minimum absolute atomic E-state index is 0.0393. The summed E-state index contributed by atoms with van der Waals surface area (Å²) in [6, 6.07) is 5.89. The molecule has 0 unspecified atom stereocenters. The largest absolute Gasteiger partial charge is 0.471 e. The monoisotopic (exact) mass is 385 g/mol. The maximum Gasteiger partial charge on any atom is 0.256 e. The van der Waals surface area contributed by atoms with Crippen molar-refractivity contribution in [3.63, 3.8) is 0 Å². The van der Waals surface area contributed by atoms with Crippen molar-refractivity contribution in [1.82, 2.24) is 19.9 Å². The highest BCUT2D eigenvalue weighted by Crippen LogP contribution is 2.42. The van der Waals surface area contributed by atoms with Crippen molar-refractivity contribution >= 4 is 17.2 Å². The molecule has 3 aromatic rings. The molecule has 0 spiro atoms. The second-order valence-electron chi connectivity index (χ2n) is 7.41. The first-order valence-corrected chi connectivity index (χ1v) is 9.66. The van der Waals surface area contributed by atoms with Crippen molar-refractivity contribution < 1.29 is 13.5 Å². The third-order valence-corrected chi connectivity index (χ3v) is 5.22. The molecule has 1 atom stereocenters. The van der Waals surface area contributed by atoms with Crippen molar-refractivity contribution in [1.29, 1.82) is 0 Å². The first-order valence-electron chi connectivity index (χ1n) is 9.66. The number of anilines is 2. The lowest BCUT2D eigenvalue weighted by molar-refractivity contribution is 0.153. The number of aromatic nitrogens is 3. The van der Waals surface area contributed by atoms with Crippen LogP contribution in [0.2, 0.25) is 0 Å². The summed E-state index contributed by atoms with van der Waals surface area (Å²) in [5.74, 6) is -0.571. The summed E-state index contributed by atoms with van der Waals surface area (Å²) >= 11 is 0. The van der Waals surface area contributed by atoms with E-state index < -0.39 is 11.6 Å². The number of fused-ring (bicyclic) bond motifs is 1. The smallest absolute Gasteiger partial charge is 0.256 e. The summed E-state index contributed by atoms with van der Waals surface area (Å²) < 4.78 is 36.3. The van der Waals surface area contributed by atoms with Crippen molar-refractivity contribution in [3.8, 4) is 5.88 Å². The fourth-order valence-electron chi connectivity index (χ4n) is 3.62. The van der Waals surface area contributed by atoms with Crippen LogP contribution in [0, 0.1) is 11.6 Å². The molecule has 8 heteroatoms. The highest BCUT2D eigenvalue weighted by atomic mass is 19.1. The Morgan fingerprint density at radius 3 is 2.86 bits per heavy atom. The summed E-state index contributed by atoms with van der Waals surface area (Å²) in [6.07, 6.45) is 5.59. The second kappa shape index (κ2) is 7.01. The average molecular weight is 385 g/mol. The molecule has 2 aliphatic rings. The van der Waals surface area contributed by atoms with Gasteiger partial charge < -0.3 is 15.4 Å². The minimum Gasteiger partial charge on any atom is -0.471 e. The SMILES string of the molecule is Fc1cccc(Nc2c(F)c(O[C@@H]3CCCNC3)nc3c(C4CC4)cnn23)c1. The number of ether oxygens (including phenoxy) is 1. The molecule has 5 rings (SSSR count). The Kier molecular flexibility index (Phi) is 4.35. The zero-order valence-electron chi connectivity index (χ0n) is 15.3. The van der Waals surface area contributed by atoms with Crippen molar-refractivity contribution in [3.05, 3.63) is 47.7 Å². The van der Waals surface area contributed by atoms with E-state index >= 15 is 4.39 Å². The molecule has 1 aliphatic carbocycles. The van der Waals surface area contributed by atoms with Crippen molar-refractivity contribution in [2.24, 2.45) is 0 Å². The van der Waals surface area contributed by atoms with Crippen LogP contribution in [0.4, 0.5) is 20.3 Å². The Morgan fingerprint density at radius 2 is 2.11 bits per heavy atom. The van der Waals surface area contributed by atoms with Crippen LogP contribution < -0.4 is 15.4 Å². The van der Waals surface area contributed by atoms with E-state index in [1.54, 1.807) is 18.3 Å². The van der Waals surface area contributed by atoms with E-state index in [4.69, 9.17) is 4.74 Å². The first-order chi connectivity index (χ1) is 13.7. The molecule has 146 valence electrons. The molecule has 0 amide bonds. The van der Waals surface area contributed by atoms with Gasteiger partial charge in [-0.1, -0.05) is 6.07 Å². The number of halogens is 2. The van der Waals surface area contributed by atoms with E-state index in [1.165, 1.54) is 16.6 Å². The first kappa shape index (κ1) is 17.4. The maximum atomic E-state index is 15.3. The molecule has 2 fully saturated rings. The van der Waals surface area contributed by atoms with Crippen LogP contribution in [0.5, 0.6) is 5.88 Å². The van der Waals surface area contributed by atoms with Gasteiger partial charge in [0.25, 0.3) is 5.88 Å². The third-order valence-electron chi connectivity index (χ3n) is 5.22. The third kappa shape index (κ3) is 3.28. The standard InChI is InChI=1S/C20H21F2N5O/c21-13-3-1-4-14(9-13)25-19-17(22)20(28-15-5-2-8-23-10-15)26-18-16(12-6-7-12)11-24-27(18)19/h1,3-4,9,11-12,15,23,25H,2,5-8,10H2/t15-/m1/s1. The Bertz CT molecular complexity index is 1010. The van der Waals surface area contributed by atoms with Crippen LogP contribution in [0.3, 0.4) is 0 Å². The van der Waals surface area contributed by atoms with Gasteiger partial charge in [0.05, 0.1) is 6.20 Å². The number of hydrogen-bond acceptors (Lipinski definition) is 5. The van der Waals surface area contributed by atoms with Gasteiger partial charge in [0.1, 0.15) is 11.9 Å². The van der Waals surface area contributed by atoms with Gasteiger partial charge in [0.2, 0.25) is 5.82 Å². The molecule has 0 bridgehead atoms. The molecule has 2 N–H and O–H groups in total. The number of benzene rings is 1. The molecule has 0 radical (unpaired) electrons. The van der Waals surface area contributed by atoms with E-state index in [0.717, 1.165) is 37.8 Å². The Balaban J connectivity index is 1.58. The van der Waals surface area contributed by atoms with E-state index in [1.807, 2.05) is 0 Å². The molecule has 1 aromatic carbocycles. The predicted octanol–water partition coefficient (Wildman–Crippen LogP) is 3.76. The maximum absolute atomic E-state index is 15.3. The lowest BCUT2D eigenvalue weighted by atomic mass is 10.1. The molecule has 28 heavy (non-hydrogen) atoms. The Labute approximate surface area is 160 Å². The van der Waals surface area contributed by atoms with Crippen LogP contribution in [0.25, 0.3) is 5.65 Å². The van der Waals surface area contributed by atoms with Gasteiger partial charge in [-0.15, -0.1) is 0 Å². The van der Waals surface area contributed by atoms with Crippen LogP contribution in [0.15, 0.2) is 30.5 Å². The summed E-state index contributed by atoms with van der Waals surface area (Å²) in [5.41, 5.74) is 2.01. The molecule has 3 heterocycles. The predicted molar refractivity (Wildman–Crippen MR) is 101 cm³/mol. The van der Waals surface area contributed by atoms with Crippen molar-refractivity contribution in [2.75, 3.05) is 18.4 Å². The summed E-state index contributed by atoms with van der Waals surface area (Å²) in [5, 5.41) is 10.6. The second-order valence-corrected chi connectivity index (χ2v) is 7.41.